The molecule has 79 heavy (non-hydrogen) atoms. The van der Waals surface area contributed by atoms with Crippen molar-refractivity contribution in [3.8, 4) is 0 Å². The summed E-state index contributed by atoms with van der Waals surface area (Å²) in [6.45, 7) is 31.7. The number of carbonyl (C=O) groups excluding carboxylic acids is 12. The molecule has 23 nitrogen and oxygen atoms in total. The summed E-state index contributed by atoms with van der Waals surface area (Å²) < 4.78 is 33.9. The predicted molar refractivity (Wildman–Crippen MR) is 287 cm³/mol. The van der Waals surface area contributed by atoms with Gasteiger partial charge >= 0.3 is 35.8 Å². The molecule has 0 saturated carbocycles. The molecule has 0 aromatic carbocycles. The van der Waals surface area contributed by atoms with Gasteiger partial charge < -0.3 is 55.0 Å². The molecule has 0 bridgehead atoms. The highest BCUT2D eigenvalue weighted by atomic mass is 16.6. The first-order valence-electron chi connectivity index (χ1n) is 27.7. The minimum Gasteiger partial charge on any atom is -0.453 e. The van der Waals surface area contributed by atoms with E-state index in [1.54, 1.807) is 111 Å². The molecule has 12 atom stereocenters. The van der Waals surface area contributed by atoms with E-state index in [-0.39, 0.29) is 37.0 Å². The fourth-order valence-electron chi connectivity index (χ4n) is 7.94. The lowest BCUT2D eigenvalue weighted by atomic mass is 9.87. The zero-order valence-corrected chi connectivity index (χ0v) is 50.2. The second-order valence-corrected chi connectivity index (χ2v) is 23.6. The highest BCUT2D eigenvalue weighted by Crippen LogP contribution is 2.25. The molecule has 5 N–H and O–H groups in total. The van der Waals surface area contributed by atoms with E-state index in [1.165, 1.54) is 27.7 Å². The standard InChI is InChI=1S/C56H93N5O18/c1-25(2)21-39-46(63)57-34(18)52(69)77-43(30(11)12)38(62)24-37(28(7)8)55(72)75-40(22-26(3)4)47(64)58-36(20)54(71)79-45(32(15)16)50(67)61-42(29(9)10)56(73)76-41(23-27(5)6)48(65)59-35(19)53(70)78-44(31(13)14)49(66)60-33(17)51(68)74-39/h25-37,39-45H,21-24H2,1-20H3,(H,57,63)(H,58,64)(H,59,65)(H,60,66)(H,61,67)/t33-,34+,35+,36+,37-,39+,40+,41+,42-,43-,44-,45-/m0/s1. The van der Waals surface area contributed by atoms with Gasteiger partial charge in [0.1, 0.15) is 30.2 Å². The van der Waals surface area contributed by atoms with Crippen molar-refractivity contribution in [2.75, 3.05) is 0 Å². The second kappa shape index (κ2) is 32.8. The summed E-state index contributed by atoms with van der Waals surface area (Å²) in [7, 11) is 0. The van der Waals surface area contributed by atoms with Gasteiger partial charge in [-0.2, -0.15) is 0 Å². The molecule has 1 aliphatic heterocycles. The highest BCUT2D eigenvalue weighted by Gasteiger charge is 2.41. The summed E-state index contributed by atoms with van der Waals surface area (Å²) in [5.74, 6) is -16.3. The summed E-state index contributed by atoms with van der Waals surface area (Å²) in [6, 6.07) is -7.00. The predicted octanol–water partition coefficient (Wildman–Crippen LogP) is 3.97. The SMILES string of the molecule is CC(C)C[C@H]1OC(=O)[C@H](C)NC(=O)[C@H](C(C)C)OC(=O)[C@@H](C)NC(=O)[C@@H](CC(C)C)OC(=O)[C@H](C(C)C)NC(=O)[C@H](C(C)C)OC(=O)[C@@H](C)NC(=O)[C@@H](CC(C)C)OC(=O)[C@H](C(C)C)CC(=O)[C@H](C(C)C)OC(=O)[C@@H](C)NC1=O. The average molecular weight is 1120 g/mol. The maximum atomic E-state index is 14.0. The molecule has 0 unspecified atom stereocenters. The summed E-state index contributed by atoms with van der Waals surface area (Å²) in [4.78, 5) is 165. The fourth-order valence-corrected chi connectivity index (χ4v) is 7.94. The van der Waals surface area contributed by atoms with Crippen LogP contribution in [0.25, 0.3) is 0 Å². The Morgan fingerprint density at radius 3 is 0.911 bits per heavy atom. The van der Waals surface area contributed by atoms with E-state index in [0.717, 1.165) is 0 Å². The van der Waals surface area contributed by atoms with Crippen LogP contribution in [0.4, 0.5) is 0 Å². The highest BCUT2D eigenvalue weighted by molar-refractivity contribution is 5.95. The summed E-state index contributed by atoms with van der Waals surface area (Å²) >= 11 is 0. The van der Waals surface area contributed by atoms with Crippen LogP contribution in [0.1, 0.15) is 164 Å². The number of hydrogen-bond donors (Lipinski definition) is 5. The van der Waals surface area contributed by atoms with Crippen LogP contribution in [0.2, 0.25) is 0 Å². The zero-order valence-electron chi connectivity index (χ0n) is 50.2. The minimum absolute atomic E-state index is 0.00551. The lowest BCUT2D eigenvalue weighted by Crippen LogP contribution is -2.54. The van der Waals surface area contributed by atoms with Crippen molar-refractivity contribution in [3.63, 3.8) is 0 Å². The van der Waals surface area contributed by atoms with Crippen molar-refractivity contribution in [1.82, 2.24) is 26.6 Å². The number of carbonyl (C=O) groups is 12. The Morgan fingerprint density at radius 1 is 0.329 bits per heavy atom. The van der Waals surface area contributed by atoms with E-state index in [0.29, 0.717) is 0 Å². The molecule has 23 heteroatoms. The first-order valence-corrected chi connectivity index (χ1v) is 27.7. The smallest absolute Gasteiger partial charge is 0.329 e. The van der Waals surface area contributed by atoms with Gasteiger partial charge in [-0.25, -0.2) is 24.0 Å². The number of nitrogens with one attached hydrogen (secondary N) is 5. The molecule has 1 rings (SSSR count). The van der Waals surface area contributed by atoms with Crippen LogP contribution in [-0.2, 0) is 86.0 Å². The molecule has 0 aromatic rings. The minimum atomic E-state index is -1.51. The lowest BCUT2D eigenvalue weighted by molar-refractivity contribution is -0.167. The Labute approximate surface area is 466 Å². The number of hydrogen-bond acceptors (Lipinski definition) is 18. The van der Waals surface area contributed by atoms with Crippen molar-refractivity contribution < 1.29 is 86.0 Å². The van der Waals surface area contributed by atoms with Crippen molar-refractivity contribution in [2.24, 2.45) is 53.3 Å². The average Bonchev–Trinajstić information content (AvgIpc) is 3.32. The molecular weight excluding hydrogens is 1030 g/mol. The van der Waals surface area contributed by atoms with Crippen LogP contribution >= 0.6 is 0 Å². The molecule has 1 aliphatic rings. The number of esters is 6. The van der Waals surface area contributed by atoms with Crippen molar-refractivity contribution in [2.45, 2.75) is 231 Å². The van der Waals surface area contributed by atoms with E-state index in [9.17, 15) is 57.5 Å². The Kier molecular flexibility index (Phi) is 29.4. The number of rotatable bonds is 11. The molecule has 0 aliphatic carbocycles. The topological polar surface area (TPSA) is 320 Å². The van der Waals surface area contributed by atoms with Crippen LogP contribution in [0, 0.1) is 53.3 Å². The van der Waals surface area contributed by atoms with Crippen LogP contribution in [0.15, 0.2) is 0 Å². The third kappa shape index (κ3) is 23.6. The molecule has 1 saturated heterocycles. The van der Waals surface area contributed by atoms with Crippen LogP contribution in [0.5, 0.6) is 0 Å². The zero-order chi connectivity index (χ0) is 61.1. The molecule has 5 amide bonds. The van der Waals surface area contributed by atoms with Crippen LogP contribution in [-0.4, -0.2) is 138 Å². The molecular formula is C56H93N5O18. The lowest BCUT2D eigenvalue weighted by Gasteiger charge is -2.29. The van der Waals surface area contributed by atoms with Crippen molar-refractivity contribution in [1.29, 1.82) is 0 Å². The Bertz CT molecular complexity index is 2130. The van der Waals surface area contributed by atoms with Crippen molar-refractivity contribution >= 4 is 71.1 Å². The normalized spacial score (nSPS) is 28.7. The van der Waals surface area contributed by atoms with E-state index in [2.05, 4.69) is 26.6 Å². The number of Topliss-reactive ketones (excluding diaryl/α,β-unsaturated/α-hetero) is 1. The van der Waals surface area contributed by atoms with Gasteiger partial charge in [-0.05, 0) is 94.3 Å². The number of cyclic esters (lactones) is 6. The van der Waals surface area contributed by atoms with Gasteiger partial charge in [0.15, 0.2) is 42.4 Å². The van der Waals surface area contributed by atoms with Gasteiger partial charge in [0.05, 0.1) is 5.92 Å². The molecule has 0 spiro atoms. The first kappa shape index (κ1) is 70.9. The van der Waals surface area contributed by atoms with Crippen molar-refractivity contribution in [3.05, 3.63) is 0 Å². The Morgan fingerprint density at radius 2 is 0.608 bits per heavy atom. The molecule has 1 heterocycles. The Hall–Kier alpha value is -6.16. The molecule has 1 fully saturated rings. The van der Waals surface area contributed by atoms with Gasteiger partial charge in [0, 0.05) is 6.42 Å². The summed E-state index contributed by atoms with van der Waals surface area (Å²) in [5.41, 5.74) is 0. The van der Waals surface area contributed by atoms with Gasteiger partial charge in [-0.1, -0.05) is 111 Å². The first-order chi connectivity index (χ1) is 36.4. The number of amides is 5. The van der Waals surface area contributed by atoms with Gasteiger partial charge in [-0.15, -0.1) is 0 Å². The maximum Gasteiger partial charge on any atom is 0.329 e. The second-order valence-electron chi connectivity index (χ2n) is 23.6. The van der Waals surface area contributed by atoms with Gasteiger partial charge in [0.25, 0.3) is 29.5 Å². The third-order valence-corrected chi connectivity index (χ3v) is 12.7. The van der Waals surface area contributed by atoms with E-state index < -0.39 is 180 Å². The molecule has 450 valence electrons. The summed E-state index contributed by atoms with van der Waals surface area (Å²) in [5, 5.41) is 12.4. The number of ether oxygens (including phenoxy) is 6. The third-order valence-electron chi connectivity index (χ3n) is 12.7. The Balaban J connectivity index is 3.86. The van der Waals surface area contributed by atoms with Gasteiger partial charge in [-0.3, -0.25) is 33.6 Å². The van der Waals surface area contributed by atoms with Crippen LogP contribution < -0.4 is 26.6 Å². The molecule has 0 radical (unpaired) electrons. The fraction of sp³-hybridized carbons (Fsp3) is 0.786. The monoisotopic (exact) mass is 1120 g/mol. The van der Waals surface area contributed by atoms with Crippen LogP contribution in [0.3, 0.4) is 0 Å². The van der Waals surface area contributed by atoms with E-state index >= 15 is 0 Å². The maximum absolute atomic E-state index is 14.0. The quantitative estimate of drug-likeness (QED) is 0.144. The van der Waals surface area contributed by atoms with E-state index in [1.807, 2.05) is 0 Å². The largest absolute Gasteiger partial charge is 0.453 e. The number of ketones is 1. The summed E-state index contributed by atoms with van der Waals surface area (Å²) in [6.07, 6.45) is -9.40. The van der Waals surface area contributed by atoms with Gasteiger partial charge in [0.2, 0.25) is 0 Å². The molecule has 0 aromatic heterocycles. The van der Waals surface area contributed by atoms with E-state index in [4.69, 9.17) is 28.4 Å².